The Hall–Kier alpha value is -1.34. The summed E-state index contributed by atoms with van der Waals surface area (Å²) in [5, 5.41) is 0.761. The van der Waals surface area contributed by atoms with Crippen LogP contribution in [0.5, 0.6) is 0 Å². The molecule has 2 saturated carbocycles. The fourth-order valence-electron chi connectivity index (χ4n) is 6.95. The van der Waals surface area contributed by atoms with E-state index in [1.54, 1.807) is 0 Å². The van der Waals surface area contributed by atoms with Crippen molar-refractivity contribution in [2.75, 3.05) is 0 Å². The van der Waals surface area contributed by atoms with Crippen molar-refractivity contribution in [1.29, 1.82) is 0 Å². The van der Waals surface area contributed by atoms with Gasteiger partial charge in [0.05, 0.1) is 0 Å². The molecular formula is C33H46ClF. The van der Waals surface area contributed by atoms with E-state index in [-0.39, 0.29) is 11.8 Å². The molecular weight excluding hydrogens is 451 g/mol. The minimum atomic E-state index is -0.721. The lowest BCUT2D eigenvalue weighted by Gasteiger charge is -2.35. The van der Waals surface area contributed by atoms with Crippen LogP contribution in [0.15, 0.2) is 48.5 Å². The summed E-state index contributed by atoms with van der Waals surface area (Å²) in [5.41, 5.74) is 3.74. The van der Waals surface area contributed by atoms with Crippen molar-refractivity contribution in [2.24, 2.45) is 17.8 Å². The Labute approximate surface area is 219 Å². The zero-order chi connectivity index (χ0) is 24.6. The third-order valence-electron chi connectivity index (χ3n) is 9.28. The average molecular weight is 497 g/mol. The van der Waals surface area contributed by atoms with Gasteiger partial charge in [0.1, 0.15) is 6.17 Å². The fraction of sp³-hybridized carbons (Fsp3) is 0.636. The van der Waals surface area contributed by atoms with E-state index >= 15 is 4.39 Å². The van der Waals surface area contributed by atoms with Crippen molar-refractivity contribution in [2.45, 2.75) is 115 Å². The standard InChI is InChI=1S/C33H46ClF/c1-3-4-5-8-25-11-13-26(14-12-25)15-16-27-17-22-32(33(35)23-27)31-10-7-6-9-30(31)24(2)28-18-20-29(34)21-19-28/h6-7,9-10,18-21,24-27,32-33H,3-5,8,11-17,22-23H2,1-2H3/t24?,25-,26-,27?,32?,33?. The number of benzene rings is 2. The van der Waals surface area contributed by atoms with E-state index in [4.69, 9.17) is 11.6 Å². The number of halogens is 2. The first-order valence-electron chi connectivity index (χ1n) is 14.5. The van der Waals surface area contributed by atoms with Crippen LogP contribution in [-0.2, 0) is 0 Å². The van der Waals surface area contributed by atoms with Gasteiger partial charge in [-0.15, -0.1) is 0 Å². The lowest BCUT2D eigenvalue weighted by atomic mass is 9.72. The number of hydrogen-bond donors (Lipinski definition) is 0. The minimum Gasteiger partial charge on any atom is -0.247 e. The summed E-state index contributed by atoms with van der Waals surface area (Å²) < 4.78 is 15.6. The van der Waals surface area contributed by atoms with Crippen LogP contribution in [0, 0.1) is 17.8 Å². The number of unbranched alkanes of at least 4 members (excludes halogenated alkanes) is 2. The van der Waals surface area contributed by atoms with Gasteiger partial charge in [0.25, 0.3) is 0 Å². The van der Waals surface area contributed by atoms with Crippen LogP contribution in [-0.4, -0.2) is 6.17 Å². The van der Waals surface area contributed by atoms with E-state index in [2.05, 4.69) is 50.2 Å². The molecule has 4 atom stereocenters. The molecule has 2 aromatic rings. The summed E-state index contributed by atoms with van der Waals surface area (Å²) >= 11 is 6.10. The van der Waals surface area contributed by atoms with E-state index in [1.165, 1.54) is 87.3 Å². The predicted molar refractivity (Wildman–Crippen MR) is 149 cm³/mol. The van der Waals surface area contributed by atoms with Gasteiger partial charge in [-0.25, -0.2) is 4.39 Å². The molecule has 0 radical (unpaired) electrons. The Morgan fingerprint density at radius 3 is 2.11 bits per heavy atom. The highest BCUT2D eigenvalue weighted by Gasteiger charge is 2.34. The van der Waals surface area contributed by atoms with Crippen molar-refractivity contribution in [3.8, 4) is 0 Å². The maximum atomic E-state index is 15.6. The highest BCUT2D eigenvalue weighted by atomic mass is 35.5. The molecule has 2 aliphatic rings. The van der Waals surface area contributed by atoms with Gasteiger partial charge >= 0.3 is 0 Å². The molecule has 35 heavy (non-hydrogen) atoms. The molecule has 0 aliphatic heterocycles. The second kappa shape index (κ2) is 13.3. The number of hydrogen-bond acceptors (Lipinski definition) is 0. The van der Waals surface area contributed by atoms with Crippen LogP contribution in [0.2, 0.25) is 5.02 Å². The highest BCUT2D eigenvalue weighted by molar-refractivity contribution is 6.30. The summed E-state index contributed by atoms with van der Waals surface area (Å²) in [5.74, 6) is 2.73. The SMILES string of the molecule is CCCCC[C@H]1CC[C@H](CCC2CCC(c3ccccc3C(C)c3ccc(Cl)cc3)C(F)C2)CC1. The van der Waals surface area contributed by atoms with Crippen LogP contribution in [0.3, 0.4) is 0 Å². The summed E-state index contributed by atoms with van der Waals surface area (Å²) in [4.78, 5) is 0. The first-order chi connectivity index (χ1) is 17.0. The van der Waals surface area contributed by atoms with Crippen molar-refractivity contribution in [3.05, 3.63) is 70.2 Å². The van der Waals surface area contributed by atoms with Gasteiger partial charge in [-0.2, -0.15) is 0 Å². The van der Waals surface area contributed by atoms with Crippen LogP contribution >= 0.6 is 11.6 Å². The summed E-state index contributed by atoms with van der Waals surface area (Å²) in [6.45, 7) is 4.53. The molecule has 4 unspecified atom stereocenters. The van der Waals surface area contributed by atoms with Crippen molar-refractivity contribution < 1.29 is 4.39 Å². The molecule has 2 aromatic carbocycles. The lowest BCUT2D eigenvalue weighted by Crippen LogP contribution is -2.26. The Morgan fingerprint density at radius 2 is 1.43 bits per heavy atom. The summed E-state index contributed by atoms with van der Waals surface area (Å²) in [7, 11) is 0. The van der Waals surface area contributed by atoms with Gasteiger partial charge < -0.3 is 0 Å². The van der Waals surface area contributed by atoms with Crippen molar-refractivity contribution >= 4 is 11.6 Å². The van der Waals surface area contributed by atoms with Gasteiger partial charge in [0.2, 0.25) is 0 Å². The molecule has 2 heteroatoms. The molecule has 0 heterocycles. The third-order valence-corrected chi connectivity index (χ3v) is 9.53. The van der Waals surface area contributed by atoms with Gasteiger partial charge in [-0.05, 0) is 65.8 Å². The molecule has 192 valence electrons. The average Bonchev–Trinajstić information content (AvgIpc) is 2.88. The molecule has 2 aliphatic carbocycles. The van der Waals surface area contributed by atoms with Gasteiger partial charge in [0.15, 0.2) is 0 Å². The Kier molecular flexibility index (Phi) is 10.1. The quantitative estimate of drug-likeness (QED) is 0.287. The topological polar surface area (TPSA) is 0 Å². The number of rotatable bonds is 10. The van der Waals surface area contributed by atoms with E-state index < -0.39 is 6.17 Å². The highest BCUT2D eigenvalue weighted by Crippen LogP contribution is 2.44. The largest absolute Gasteiger partial charge is 0.247 e. The van der Waals surface area contributed by atoms with Crippen LogP contribution in [0.4, 0.5) is 4.39 Å². The van der Waals surface area contributed by atoms with Crippen LogP contribution < -0.4 is 0 Å². The molecule has 0 aromatic heterocycles. The third kappa shape index (κ3) is 7.34. The van der Waals surface area contributed by atoms with E-state index in [0.717, 1.165) is 29.7 Å². The maximum Gasteiger partial charge on any atom is 0.107 e. The van der Waals surface area contributed by atoms with Gasteiger partial charge in [-0.1, -0.05) is 126 Å². The molecule has 2 fully saturated rings. The minimum absolute atomic E-state index is 0.0377. The molecule has 0 saturated heterocycles. The normalized spacial score (nSPS) is 28.1. The van der Waals surface area contributed by atoms with E-state index in [0.29, 0.717) is 5.92 Å². The maximum absolute atomic E-state index is 15.6. The Bertz CT molecular complexity index is 882. The molecule has 0 bridgehead atoms. The first-order valence-corrected chi connectivity index (χ1v) is 14.9. The second-order valence-electron chi connectivity index (χ2n) is 11.7. The molecule has 0 N–H and O–H groups in total. The van der Waals surface area contributed by atoms with Gasteiger partial charge in [-0.3, -0.25) is 0 Å². The summed E-state index contributed by atoms with van der Waals surface area (Å²) in [6, 6.07) is 16.7. The van der Waals surface area contributed by atoms with Gasteiger partial charge in [0, 0.05) is 16.9 Å². The second-order valence-corrected chi connectivity index (χ2v) is 12.1. The molecule has 0 nitrogen and oxygen atoms in total. The smallest absolute Gasteiger partial charge is 0.107 e. The fourth-order valence-corrected chi connectivity index (χ4v) is 7.07. The monoisotopic (exact) mass is 496 g/mol. The molecule has 0 amide bonds. The van der Waals surface area contributed by atoms with Crippen LogP contribution in [0.25, 0.3) is 0 Å². The van der Waals surface area contributed by atoms with Crippen molar-refractivity contribution in [3.63, 3.8) is 0 Å². The zero-order valence-corrected chi connectivity index (χ0v) is 22.8. The zero-order valence-electron chi connectivity index (χ0n) is 22.0. The predicted octanol–water partition coefficient (Wildman–Crippen LogP) is 10.9. The van der Waals surface area contributed by atoms with Crippen molar-refractivity contribution in [1.82, 2.24) is 0 Å². The molecule has 4 rings (SSSR count). The first kappa shape index (κ1) is 26.7. The lowest BCUT2D eigenvalue weighted by molar-refractivity contribution is 0.152. The van der Waals surface area contributed by atoms with Crippen LogP contribution in [0.1, 0.15) is 126 Å². The number of alkyl halides is 1. The summed E-state index contributed by atoms with van der Waals surface area (Å²) in [6.07, 6.45) is 16.1. The Balaban J connectivity index is 1.28. The van der Waals surface area contributed by atoms with E-state index in [9.17, 15) is 0 Å². The molecule has 0 spiro atoms. The Morgan fingerprint density at radius 1 is 0.800 bits per heavy atom. The van der Waals surface area contributed by atoms with E-state index in [1.807, 2.05) is 12.1 Å².